The third-order valence-electron chi connectivity index (χ3n) is 2.22. The lowest BCUT2D eigenvalue weighted by atomic mass is 10.2. The van der Waals surface area contributed by atoms with Crippen LogP contribution in [-0.4, -0.2) is 32.8 Å². The van der Waals surface area contributed by atoms with E-state index >= 15 is 0 Å². The minimum absolute atomic E-state index is 0.0562. The summed E-state index contributed by atoms with van der Waals surface area (Å²) in [7, 11) is 0. The fourth-order valence-corrected chi connectivity index (χ4v) is 1.18. The second kappa shape index (κ2) is 5.29. The topological polar surface area (TPSA) is 84.2 Å². The predicted molar refractivity (Wildman–Crippen MR) is 57.1 cm³/mol. The van der Waals surface area contributed by atoms with Crippen molar-refractivity contribution in [1.29, 1.82) is 0 Å². The van der Waals surface area contributed by atoms with Crippen molar-refractivity contribution >= 4 is 11.9 Å². The number of carbonyl (C=O) groups excluding carboxylic acids is 1. The van der Waals surface area contributed by atoms with Crippen molar-refractivity contribution in [3.63, 3.8) is 0 Å². The molecule has 1 atom stereocenters. The van der Waals surface area contributed by atoms with Crippen LogP contribution in [0.3, 0.4) is 0 Å². The quantitative estimate of drug-likeness (QED) is 0.764. The number of aromatic nitrogens is 2. The molecule has 0 aromatic carbocycles. The first kappa shape index (κ1) is 12.2. The highest BCUT2D eigenvalue weighted by atomic mass is 16.4. The van der Waals surface area contributed by atoms with E-state index in [2.05, 4.69) is 10.4 Å². The highest BCUT2D eigenvalue weighted by Crippen LogP contribution is 2.00. The number of carbonyl (C=O) groups is 2. The van der Waals surface area contributed by atoms with Crippen molar-refractivity contribution in [3.8, 4) is 0 Å². The van der Waals surface area contributed by atoms with E-state index in [0.717, 1.165) is 6.42 Å². The Morgan fingerprint density at radius 1 is 1.62 bits per heavy atom. The summed E-state index contributed by atoms with van der Waals surface area (Å²) >= 11 is 0. The highest BCUT2D eigenvalue weighted by Gasteiger charge is 2.14. The minimum Gasteiger partial charge on any atom is -0.480 e. The van der Waals surface area contributed by atoms with Crippen LogP contribution < -0.4 is 5.32 Å². The van der Waals surface area contributed by atoms with Gasteiger partial charge in [-0.05, 0) is 19.4 Å². The van der Waals surface area contributed by atoms with Crippen molar-refractivity contribution in [2.75, 3.05) is 0 Å². The van der Waals surface area contributed by atoms with Gasteiger partial charge < -0.3 is 10.4 Å². The Kier molecular flexibility index (Phi) is 4.04. The third-order valence-corrected chi connectivity index (χ3v) is 2.22. The molecule has 0 bridgehead atoms. The SMILES string of the molecule is CCC(C)NC(=O)c1ccnn1CC(=O)O. The van der Waals surface area contributed by atoms with E-state index in [1.54, 1.807) is 0 Å². The normalized spacial score (nSPS) is 12.1. The highest BCUT2D eigenvalue weighted by molar-refractivity contribution is 5.92. The van der Waals surface area contributed by atoms with Crippen molar-refractivity contribution in [2.24, 2.45) is 0 Å². The number of aliphatic carboxylic acids is 1. The molecule has 0 aliphatic heterocycles. The summed E-state index contributed by atoms with van der Waals surface area (Å²) in [6, 6.07) is 1.56. The largest absolute Gasteiger partial charge is 0.480 e. The zero-order chi connectivity index (χ0) is 12.1. The van der Waals surface area contributed by atoms with Gasteiger partial charge in [-0.25, -0.2) is 4.68 Å². The number of nitrogens with one attached hydrogen (secondary N) is 1. The van der Waals surface area contributed by atoms with Gasteiger partial charge in [0.05, 0.1) is 0 Å². The molecule has 0 radical (unpaired) electrons. The van der Waals surface area contributed by atoms with Crippen molar-refractivity contribution in [2.45, 2.75) is 32.9 Å². The standard InChI is InChI=1S/C10H15N3O3/c1-3-7(2)12-10(16)8-4-5-11-13(8)6-9(14)15/h4-5,7H,3,6H2,1-2H3,(H,12,16)(H,14,15). The van der Waals surface area contributed by atoms with Gasteiger partial charge in [-0.2, -0.15) is 5.10 Å². The molecule has 6 nitrogen and oxygen atoms in total. The molecule has 1 aromatic rings. The molecule has 16 heavy (non-hydrogen) atoms. The smallest absolute Gasteiger partial charge is 0.325 e. The summed E-state index contributed by atoms with van der Waals surface area (Å²) in [5, 5.41) is 15.2. The van der Waals surface area contributed by atoms with Crippen molar-refractivity contribution < 1.29 is 14.7 Å². The van der Waals surface area contributed by atoms with Crippen LogP contribution in [0.5, 0.6) is 0 Å². The van der Waals surface area contributed by atoms with Crippen LogP contribution in [0.15, 0.2) is 12.3 Å². The molecule has 1 aromatic heterocycles. The fourth-order valence-electron chi connectivity index (χ4n) is 1.18. The van der Waals surface area contributed by atoms with Crippen molar-refractivity contribution in [1.82, 2.24) is 15.1 Å². The van der Waals surface area contributed by atoms with Gasteiger partial charge in [0.2, 0.25) is 0 Å². The van der Waals surface area contributed by atoms with Crippen LogP contribution in [0.1, 0.15) is 30.8 Å². The summed E-state index contributed by atoms with van der Waals surface area (Å²) < 4.78 is 1.17. The summed E-state index contributed by atoms with van der Waals surface area (Å²) in [5.41, 5.74) is 0.266. The molecule has 0 saturated carbocycles. The zero-order valence-electron chi connectivity index (χ0n) is 9.30. The van der Waals surface area contributed by atoms with Crippen LogP contribution in [0, 0.1) is 0 Å². The van der Waals surface area contributed by atoms with Gasteiger partial charge in [-0.15, -0.1) is 0 Å². The average molecular weight is 225 g/mol. The third kappa shape index (κ3) is 3.08. The minimum atomic E-state index is -1.03. The number of rotatable bonds is 5. The first-order valence-corrected chi connectivity index (χ1v) is 5.09. The Balaban J connectivity index is 2.75. The van der Waals surface area contributed by atoms with Crippen LogP contribution in [0.2, 0.25) is 0 Å². The molecule has 1 unspecified atom stereocenters. The van der Waals surface area contributed by atoms with E-state index in [0.29, 0.717) is 0 Å². The van der Waals surface area contributed by atoms with E-state index in [9.17, 15) is 9.59 Å². The molecule has 0 spiro atoms. The summed E-state index contributed by atoms with van der Waals surface area (Å²) in [6.45, 7) is 3.53. The van der Waals surface area contributed by atoms with E-state index in [-0.39, 0.29) is 24.2 Å². The number of hydrogen-bond acceptors (Lipinski definition) is 3. The Morgan fingerprint density at radius 3 is 2.88 bits per heavy atom. The first-order chi connectivity index (χ1) is 7.54. The van der Waals surface area contributed by atoms with Crippen LogP contribution in [0.4, 0.5) is 0 Å². The van der Waals surface area contributed by atoms with E-state index < -0.39 is 5.97 Å². The van der Waals surface area contributed by atoms with E-state index in [1.165, 1.54) is 16.9 Å². The Morgan fingerprint density at radius 2 is 2.31 bits per heavy atom. The van der Waals surface area contributed by atoms with Gasteiger partial charge in [0.15, 0.2) is 0 Å². The predicted octanol–water partition coefficient (Wildman–Crippen LogP) is 0.496. The van der Waals surface area contributed by atoms with Crippen LogP contribution >= 0.6 is 0 Å². The number of hydrogen-bond donors (Lipinski definition) is 2. The maximum absolute atomic E-state index is 11.7. The Labute approximate surface area is 93.3 Å². The van der Waals surface area contributed by atoms with E-state index in [4.69, 9.17) is 5.11 Å². The molecule has 1 rings (SSSR count). The number of amides is 1. The van der Waals surface area contributed by atoms with Crippen LogP contribution in [0.25, 0.3) is 0 Å². The van der Waals surface area contributed by atoms with Crippen molar-refractivity contribution in [3.05, 3.63) is 18.0 Å². The molecule has 88 valence electrons. The number of carboxylic acid groups (broad SMARTS) is 1. The lowest BCUT2D eigenvalue weighted by Crippen LogP contribution is -2.34. The van der Waals surface area contributed by atoms with Gasteiger partial charge >= 0.3 is 5.97 Å². The molecule has 6 heteroatoms. The summed E-state index contributed by atoms with van der Waals surface area (Å²) in [6.07, 6.45) is 2.23. The fraction of sp³-hybridized carbons (Fsp3) is 0.500. The summed E-state index contributed by atoms with van der Waals surface area (Å²) in [5.74, 6) is -1.32. The molecule has 1 heterocycles. The maximum atomic E-state index is 11.7. The molecule has 0 aliphatic carbocycles. The zero-order valence-corrected chi connectivity index (χ0v) is 9.30. The molecule has 0 saturated heterocycles. The maximum Gasteiger partial charge on any atom is 0.325 e. The summed E-state index contributed by atoms with van der Waals surface area (Å²) in [4.78, 5) is 22.2. The van der Waals surface area contributed by atoms with Gasteiger partial charge in [0.25, 0.3) is 5.91 Å². The van der Waals surface area contributed by atoms with Gasteiger partial charge in [-0.1, -0.05) is 6.92 Å². The van der Waals surface area contributed by atoms with Gasteiger partial charge in [0, 0.05) is 12.2 Å². The van der Waals surface area contributed by atoms with Gasteiger partial charge in [0.1, 0.15) is 12.2 Å². The molecular formula is C10H15N3O3. The monoisotopic (exact) mass is 225 g/mol. The molecule has 0 fully saturated rings. The second-order valence-electron chi connectivity index (χ2n) is 3.55. The molecule has 0 aliphatic rings. The van der Waals surface area contributed by atoms with E-state index in [1.807, 2.05) is 13.8 Å². The average Bonchev–Trinajstić information content (AvgIpc) is 2.64. The van der Waals surface area contributed by atoms with Gasteiger partial charge in [-0.3, -0.25) is 9.59 Å². The molecule has 2 N–H and O–H groups in total. The molecule has 1 amide bonds. The Bertz CT molecular complexity index is 386. The second-order valence-corrected chi connectivity index (χ2v) is 3.55. The first-order valence-electron chi connectivity index (χ1n) is 5.09. The lowest BCUT2D eigenvalue weighted by molar-refractivity contribution is -0.137. The molecular weight excluding hydrogens is 210 g/mol. The van der Waals surface area contributed by atoms with Crippen LogP contribution in [-0.2, 0) is 11.3 Å². The number of carboxylic acids is 1. The Hall–Kier alpha value is -1.85. The number of nitrogens with zero attached hydrogens (tertiary/aromatic N) is 2. The lowest BCUT2D eigenvalue weighted by Gasteiger charge is -2.11.